The summed E-state index contributed by atoms with van der Waals surface area (Å²) in [5.74, 6) is 0.749. The average molecular weight is 244 g/mol. The van der Waals surface area contributed by atoms with Gasteiger partial charge in [0.1, 0.15) is 5.82 Å². The Balaban J connectivity index is 2.62. The van der Waals surface area contributed by atoms with Crippen molar-refractivity contribution in [1.29, 1.82) is 0 Å². The first-order valence-electron chi connectivity index (χ1n) is 5.62. The third-order valence-electron chi connectivity index (χ3n) is 2.70. The predicted molar refractivity (Wildman–Crippen MR) is 72.7 cm³/mol. The molecule has 94 valence electrons. The monoisotopic (exact) mass is 244 g/mol. The van der Waals surface area contributed by atoms with Crippen LogP contribution in [0.5, 0.6) is 6.01 Å². The molecule has 5 heteroatoms. The fourth-order valence-corrected chi connectivity index (χ4v) is 1.80. The molecule has 0 aliphatic carbocycles. The minimum atomic E-state index is 0.336. The standard InChI is InChI=1S/C13H16N4O/c1-8-11(9-5-4-6-10(14)7-9)16-13(18-3)17-12(8)15-2/h4-7H,14H2,1-3H3,(H,15,16,17). The molecule has 2 aromatic rings. The molecule has 0 bridgehead atoms. The van der Waals surface area contributed by atoms with Gasteiger partial charge in [0.05, 0.1) is 12.8 Å². The molecule has 5 nitrogen and oxygen atoms in total. The fraction of sp³-hybridized carbons (Fsp3) is 0.231. The van der Waals surface area contributed by atoms with Crippen LogP contribution < -0.4 is 15.8 Å². The molecule has 0 atom stereocenters. The van der Waals surface area contributed by atoms with Gasteiger partial charge in [0, 0.05) is 23.9 Å². The van der Waals surface area contributed by atoms with E-state index in [0.29, 0.717) is 11.7 Å². The van der Waals surface area contributed by atoms with Crippen molar-refractivity contribution < 1.29 is 4.74 Å². The summed E-state index contributed by atoms with van der Waals surface area (Å²) in [6.07, 6.45) is 0. The van der Waals surface area contributed by atoms with Crippen molar-refractivity contribution in [1.82, 2.24) is 9.97 Å². The second-order valence-corrected chi connectivity index (χ2v) is 3.91. The molecule has 0 saturated carbocycles. The number of nitrogen functional groups attached to an aromatic ring is 1. The zero-order chi connectivity index (χ0) is 13.1. The lowest BCUT2D eigenvalue weighted by Gasteiger charge is -2.11. The Morgan fingerprint density at radius 2 is 2.06 bits per heavy atom. The minimum Gasteiger partial charge on any atom is -0.467 e. The molecule has 18 heavy (non-hydrogen) atoms. The van der Waals surface area contributed by atoms with Crippen molar-refractivity contribution in [2.45, 2.75) is 6.92 Å². The smallest absolute Gasteiger partial charge is 0.318 e. The quantitative estimate of drug-likeness (QED) is 0.809. The third kappa shape index (κ3) is 2.20. The number of methoxy groups -OCH3 is 1. The predicted octanol–water partition coefficient (Wildman–Crippen LogP) is 2.08. The first-order chi connectivity index (χ1) is 8.65. The summed E-state index contributed by atoms with van der Waals surface area (Å²) in [7, 11) is 3.37. The van der Waals surface area contributed by atoms with Crippen molar-refractivity contribution >= 4 is 11.5 Å². The number of rotatable bonds is 3. The minimum absolute atomic E-state index is 0.336. The summed E-state index contributed by atoms with van der Waals surface area (Å²) in [5, 5.41) is 3.03. The molecule has 0 unspecified atom stereocenters. The van der Waals surface area contributed by atoms with E-state index < -0.39 is 0 Å². The molecule has 0 spiro atoms. The first-order valence-corrected chi connectivity index (χ1v) is 5.62. The zero-order valence-electron chi connectivity index (χ0n) is 10.7. The van der Waals surface area contributed by atoms with E-state index in [1.807, 2.05) is 38.2 Å². The third-order valence-corrected chi connectivity index (χ3v) is 2.70. The Bertz CT molecular complexity index is 569. The Hall–Kier alpha value is -2.30. The molecular weight excluding hydrogens is 228 g/mol. The van der Waals surface area contributed by atoms with Crippen LogP contribution in [0.25, 0.3) is 11.3 Å². The zero-order valence-corrected chi connectivity index (χ0v) is 10.7. The van der Waals surface area contributed by atoms with Crippen LogP contribution in [-0.2, 0) is 0 Å². The van der Waals surface area contributed by atoms with Gasteiger partial charge >= 0.3 is 6.01 Å². The van der Waals surface area contributed by atoms with Crippen LogP contribution in [0, 0.1) is 6.92 Å². The van der Waals surface area contributed by atoms with Gasteiger partial charge in [-0.05, 0) is 19.1 Å². The summed E-state index contributed by atoms with van der Waals surface area (Å²) < 4.78 is 5.11. The van der Waals surface area contributed by atoms with Crippen molar-refractivity contribution in [2.75, 3.05) is 25.2 Å². The van der Waals surface area contributed by atoms with Gasteiger partial charge < -0.3 is 15.8 Å². The lowest BCUT2D eigenvalue weighted by molar-refractivity contribution is 0.381. The van der Waals surface area contributed by atoms with Gasteiger partial charge in [0.25, 0.3) is 0 Å². The SMILES string of the molecule is CNc1nc(OC)nc(-c2cccc(N)c2)c1C. The summed E-state index contributed by atoms with van der Waals surface area (Å²) >= 11 is 0. The van der Waals surface area contributed by atoms with E-state index in [-0.39, 0.29) is 0 Å². The molecule has 3 N–H and O–H groups in total. The van der Waals surface area contributed by atoms with Gasteiger partial charge in [-0.2, -0.15) is 9.97 Å². The highest BCUT2D eigenvalue weighted by molar-refractivity contribution is 5.71. The van der Waals surface area contributed by atoms with Gasteiger partial charge in [0.15, 0.2) is 0 Å². The Morgan fingerprint density at radius 1 is 1.28 bits per heavy atom. The van der Waals surface area contributed by atoms with E-state index in [1.165, 1.54) is 0 Å². The summed E-state index contributed by atoms with van der Waals surface area (Å²) in [5.41, 5.74) is 9.23. The second-order valence-electron chi connectivity index (χ2n) is 3.91. The number of nitrogens with zero attached hydrogens (tertiary/aromatic N) is 2. The molecule has 0 radical (unpaired) electrons. The molecule has 1 aromatic carbocycles. The Morgan fingerprint density at radius 3 is 2.67 bits per heavy atom. The molecule has 0 aliphatic rings. The van der Waals surface area contributed by atoms with Crippen LogP contribution in [0.2, 0.25) is 0 Å². The number of hydrogen-bond donors (Lipinski definition) is 2. The first kappa shape index (κ1) is 12.2. The highest BCUT2D eigenvalue weighted by Crippen LogP contribution is 2.28. The van der Waals surface area contributed by atoms with E-state index in [9.17, 15) is 0 Å². The molecule has 0 amide bonds. The molecule has 2 rings (SSSR count). The largest absolute Gasteiger partial charge is 0.467 e. The average Bonchev–Trinajstić information content (AvgIpc) is 2.39. The lowest BCUT2D eigenvalue weighted by atomic mass is 10.1. The van der Waals surface area contributed by atoms with E-state index in [1.54, 1.807) is 7.11 Å². The van der Waals surface area contributed by atoms with Crippen LogP contribution in [0.15, 0.2) is 24.3 Å². The van der Waals surface area contributed by atoms with Crippen LogP contribution in [-0.4, -0.2) is 24.1 Å². The van der Waals surface area contributed by atoms with Crippen LogP contribution in [0.1, 0.15) is 5.56 Å². The number of anilines is 2. The topological polar surface area (TPSA) is 73.1 Å². The molecular formula is C13H16N4O. The fourth-order valence-electron chi connectivity index (χ4n) is 1.80. The highest BCUT2D eigenvalue weighted by Gasteiger charge is 2.12. The van der Waals surface area contributed by atoms with Crippen molar-refractivity contribution in [3.8, 4) is 17.3 Å². The van der Waals surface area contributed by atoms with E-state index in [2.05, 4.69) is 15.3 Å². The number of hydrogen-bond acceptors (Lipinski definition) is 5. The van der Waals surface area contributed by atoms with E-state index >= 15 is 0 Å². The highest BCUT2D eigenvalue weighted by atomic mass is 16.5. The van der Waals surface area contributed by atoms with Crippen LogP contribution in [0.3, 0.4) is 0 Å². The summed E-state index contributed by atoms with van der Waals surface area (Å²) in [4.78, 5) is 8.62. The van der Waals surface area contributed by atoms with Crippen LogP contribution >= 0.6 is 0 Å². The summed E-state index contributed by atoms with van der Waals surface area (Å²) in [6.45, 7) is 1.96. The van der Waals surface area contributed by atoms with Crippen molar-refractivity contribution in [2.24, 2.45) is 0 Å². The lowest BCUT2D eigenvalue weighted by Crippen LogP contribution is -2.03. The normalized spacial score (nSPS) is 10.2. The molecule has 1 aromatic heterocycles. The van der Waals surface area contributed by atoms with Gasteiger partial charge in [-0.1, -0.05) is 12.1 Å². The maximum absolute atomic E-state index is 5.80. The van der Waals surface area contributed by atoms with Gasteiger partial charge in [-0.15, -0.1) is 0 Å². The molecule has 0 fully saturated rings. The van der Waals surface area contributed by atoms with Crippen molar-refractivity contribution in [3.63, 3.8) is 0 Å². The second kappa shape index (κ2) is 4.91. The van der Waals surface area contributed by atoms with E-state index in [0.717, 1.165) is 22.6 Å². The molecule has 0 aliphatic heterocycles. The molecule has 1 heterocycles. The Kier molecular flexibility index (Phi) is 3.32. The maximum atomic E-state index is 5.80. The van der Waals surface area contributed by atoms with E-state index in [4.69, 9.17) is 10.5 Å². The number of aromatic nitrogens is 2. The number of nitrogens with one attached hydrogen (secondary N) is 1. The Labute approximate surface area is 106 Å². The van der Waals surface area contributed by atoms with Crippen molar-refractivity contribution in [3.05, 3.63) is 29.8 Å². The number of nitrogens with two attached hydrogens (primary N) is 1. The van der Waals surface area contributed by atoms with Crippen LogP contribution in [0.4, 0.5) is 11.5 Å². The van der Waals surface area contributed by atoms with Gasteiger partial charge in [-0.3, -0.25) is 0 Å². The number of ether oxygens (including phenoxy) is 1. The number of benzene rings is 1. The van der Waals surface area contributed by atoms with Gasteiger partial charge in [-0.25, -0.2) is 0 Å². The molecule has 0 saturated heterocycles. The maximum Gasteiger partial charge on any atom is 0.318 e. The van der Waals surface area contributed by atoms with Gasteiger partial charge in [0.2, 0.25) is 0 Å². The summed E-state index contributed by atoms with van der Waals surface area (Å²) in [6, 6.07) is 7.93.